The number of amides is 1. The van der Waals surface area contributed by atoms with E-state index in [9.17, 15) is 4.79 Å². The third kappa shape index (κ3) is 3.08. The van der Waals surface area contributed by atoms with Gasteiger partial charge in [-0.15, -0.1) is 10.2 Å². The maximum Gasteiger partial charge on any atom is 0.233 e. The molecule has 0 radical (unpaired) electrons. The van der Waals surface area contributed by atoms with Gasteiger partial charge in [-0.2, -0.15) is 0 Å². The Kier molecular flexibility index (Phi) is 4.57. The Balaban J connectivity index is 1.58. The molecule has 1 fully saturated rings. The average Bonchev–Trinajstić information content (AvgIpc) is 2.99. The summed E-state index contributed by atoms with van der Waals surface area (Å²) in [4.78, 5) is 19.0. The SMILES string of the molecule is CCn1c2ccccc2c2nnc(SCC(=O)N3CCCCC3)nc21. The summed E-state index contributed by atoms with van der Waals surface area (Å²) in [7, 11) is 0. The van der Waals surface area contributed by atoms with Crippen LogP contribution in [0.1, 0.15) is 26.2 Å². The smallest absolute Gasteiger partial charge is 0.233 e. The number of aryl methyl sites for hydroxylation is 1. The van der Waals surface area contributed by atoms with E-state index >= 15 is 0 Å². The summed E-state index contributed by atoms with van der Waals surface area (Å²) in [6.45, 7) is 4.67. The molecule has 1 saturated heterocycles. The second-order valence-electron chi connectivity index (χ2n) is 6.26. The van der Waals surface area contributed by atoms with E-state index in [0.717, 1.165) is 54.5 Å². The molecule has 1 aromatic carbocycles. The molecule has 0 bridgehead atoms. The van der Waals surface area contributed by atoms with E-state index in [0.29, 0.717) is 10.9 Å². The first-order valence-corrected chi connectivity index (χ1v) is 9.78. The summed E-state index contributed by atoms with van der Waals surface area (Å²) in [5.74, 6) is 0.545. The zero-order valence-electron chi connectivity index (χ0n) is 14.3. The number of piperidine rings is 1. The molecule has 0 atom stereocenters. The van der Waals surface area contributed by atoms with Gasteiger partial charge in [0.15, 0.2) is 5.65 Å². The zero-order chi connectivity index (χ0) is 17.2. The number of para-hydroxylation sites is 1. The van der Waals surface area contributed by atoms with Gasteiger partial charge in [-0.3, -0.25) is 4.79 Å². The highest BCUT2D eigenvalue weighted by molar-refractivity contribution is 7.99. The largest absolute Gasteiger partial charge is 0.342 e. The Bertz CT molecular complexity index is 916. The van der Waals surface area contributed by atoms with E-state index in [2.05, 4.69) is 32.7 Å². The number of likely N-dealkylation sites (tertiary alicyclic amines) is 1. The summed E-state index contributed by atoms with van der Waals surface area (Å²) in [6.07, 6.45) is 3.44. The van der Waals surface area contributed by atoms with Crippen LogP contribution in [-0.2, 0) is 11.3 Å². The number of benzene rings is 1. The van der Waals surface area contributed by atoms with Gasteiger partial charge in [0.1, 0.15) is 5.52 Å². The summed E-state index contributed by atoms with van der Waals surface area (Å²) in [5, 5.41) is 10.3. The Labute approximate surface area is 150 Å². The topological polar surface area (TPSA) is 63.9 Å². The highest BCUT2D eigenvalue weighted by Gasteiger charge is 2.18. The fourth-order valence-electron chi connectivity index (χ4n) is 3.43. The number of thioether (sulfide) groups is 1. The minimum Gasteiger partial charge on any atom is -0.342 e. The number of hydrogen-bond acceptors (Lipinski definition) is 5. The number of aromatic nitrogens is 4. The van der Waals surface area contributed by atoms with Crippen LogP contribution in [0.3, 0.4) is 0 Å². The first-order chi connectivity index (χ1) is 12.3. The average molecular weight is 355 g/mol. The van der Waals surface area contributed by atoms with Crippen molar-refractivity contribution in [2.45, 2.75) is 37.9 Å². The molecule has 2 aromatic heterocycles. The van der Waals surface area contributed by atoms with Crippen LogP contribution in [0.4, 0.5) is 0 Å². The predicted molar refractivity (Wildman–Crippen MR) is 99.7 cm³/mol. The summed E-state index contributed by atoms with van der Waals surface area (Å²) >= 11 is 1.38. The van der Waals surface area contributed by atoms with Crippen molar-refractivity contribution in [3.63, 3.8) is 0 Å². The van der Waals surface area contributed by atoms with Gasteiger partial charge in [-0.05, 0) is 32.3 Å². The van der Waals surface area contributed by atoms with Crippen molar-refractivity contribution in [2.75, 3.05) is 18.8 Å². The summed E-state index contributed by atoms with van der Waals surface area (Å²) in [6, 6.07) is 8.15. The van der Waals surface area contributed by atoms with Crippen LogP contribution < -0.4 is 0 Å². The van der Waals surface area contributed by atoms with Crippen LogP contribution in [0.2, 0.25) is 0 Å². The van der Waals surface area contributed by atoms with Crippen LogP contribution >= 0.6 is 11.8 Å². The molecule has 6 nitrogen and oxygen atoms in total. The number of hydrogen-bond donors (Lipinski definition) is 0. The first-order valence-electron chi connectivity index (χ1n) is 8.80. The molecule has 1 aliphatic heterocycles. The van der Waals surface area contributed by atoms with Gasteiger partial charge in [0.25, 0.3) is 0 Å². The number of nitrogens with zero attached hydrogens (tertiary/aromatic N) is 5. The molecule has 25 heavy (non-hydrogen) atoms. The van der Waals surface area contributed by atoms with Gasteiger partial charge >= 0.3 is 0 Å². The van der Waals surface area contributed by atoms with Crippen LogP contribution in [0.15, 0.2) is 29.4 Å². The standard InChI is InChI=1S/C18H21N5OS/c1-2-23-14-9-5-4-8-13(14)16-17(23)19-18(21-20-16)25-12-15(24)22-10-6-3-7-11-22/h4-5,8-9H,2-3,6-7,10-12H2,1H3. The van der Waals surface area contributed by atoms with Gasteiger partial charge in [0, 0.05) is 25.0 Å². The number of carbonyl (C=O) groups excluding carboxylic acids is 1. The van der Waals surface area contributed by atoms with Gasteiger partial charge in [-0.1, -0.05) is 30.0 Å². The molecule has 1 amide bonds. The Morgan fingerprint density at radius 1 is 1.16 bits per heavy atom. The van der Waals surface area contributed by atoms with Crippen molar-refractivity contribution < 1.29 is 4.79 Å². The van der Waals surface area contributed by atoms with E-state index < -0.39 is 0 Å². The third-order valence-corrected chi connectivity index (χ3v) is 5.53. The van der Waals surface area contributed by atoms with Gasteiger partial charge in [-0.25, -0.2) is 4.98 Å². The lowest BCUT2D eigenvalue weighted by Crippen LogP contribution is -2.36. The Hall–Kier alpha value is -2.15. The molecular weight excluding hydrogens is 334 g/mol. The van der Waals surface area contributed by atoms with E-state index in [-0.39, 0.29) is 5.91 Å². The van der Waals surface area contributed by atoms with Crippen LogP contribution in [0.5, 0.6) is 0 Å². The van der Waals surface area contributed by atoms with Crippen molar-refractivity contribution in [3.05, 3.63) is 24.3 Å². The third-order valence-electron chi connectivity index (χ3n) is 4.70. The molecule has 0 aliphatic carbocycles. The van der Waals surface area contributed by atoms with Crippen LogP contribution in [-0.4, -0.2) is 49.4 Å². The maximum absolute atomic E-state index is 12.3. The van der Waals surface area contributed by atoms with Gasteiger partial charge in [0.2, 0.25) is 11.1 Å². The monoisotopic (exact) mass is 355 g/mol. The number of fused-ring (bicyclic) bond motifs is 3. The molecular formula is C18H21N5OS. The Morgan fingerprint density at radius 3 is 2.76 bits per heavy atom. The molecule has 3 aromatic rings. The van der Waals surface area contributed by atoms with E-state index in [4.69, 9.17) is 0 Å². The van der Waals surface area contributed by atoms with Crippen molar-refractivity contribution in [1.82, 2.24) is 24.6 Å². The lowest BCUT2D eigenvalue weighted by Gasteiger charge is -2.26. The Morgan fingerprint density at radius 2 is 1.96 bits per heavy atom. The zero-order valence-corrected chi connectivity index (χ0v) is 15.1. The maximum atomic E-state index is 12.3. The minimum absolute atomic E-state index is 0.171. The molecule has 0 N–H and O–H groups in total. The summed E-state index contributed by atoms with van der Waals surface area (Å²) in [5.41, 5.74) is 2.78. The lowest BCUT2D eigenvalue weighted by atomic mass is 10.1. The molecule has 0 spiro atoms. The van der Waals surface area contributed by atoms with E-state index in [1.165, 1.54) is 18.2 Å². The second-order valence-corrected chi connectivity index (χ2v) is 7.20. The van der Waals surface area contributed by atoms with Crippen molar-refractivity contribution in [3.8, 4) is 0 Å². The fraction of sp³-hybridized carbons (Fsp3) is 0.444. The molecule has 3 heterocycles. The second kappa shape index (κ2) is 7.00. The van der Waals surface area contributed by atoms with Crippen molar-refractivity contribution in [1.29, 1.82) is 0 Å². The molecule has 0 unspecified atom stereocenters. The summed E-state index contributed by atoms with van der Waals surface area (Å²) < 4.78 is 2.15. The van der Waals surface area contributed by atoms with Crippen molar-refractivity contribution in [2.24, 2.45) is 0 Å². The predicted octanol–water partition coefficient (Wildman–Crippen LogP) is 3.10. The molecule has 1 aliphatic rings. The first kappa shape index (κ1) is 16.3. The van der Waals surface area contributed by atoms with E-state index in [1.54, 1.807) is 0 Å². The minimum atomic E-state index is 0.171. The number of rotatable bonds is 4. The van der Waals surface area contributed by atoms with Crippen LogP contribution in [0, 0.1) is 0 Å². The van der Waals surface area contributed by atoms with Gasteiger partial charge in [0.05, 0.1) is 11.3 Å². The lowest BCUT2D eigenvalue weighted by molar-refractivity contribution is -0.129. The molecule has 0 saturated carbocycles. The normalized spacial score (nSPS) is 15.2. The van der Waals surface area contributed by atoms with Crippen LogP contribution in [0.25, 0.3) is 22.1 Å². The van der Waals surface area contributed by atoms with Crippen molar-refractivity contribution >= 4 is 39.7 Å². The molecule has 130 valence electrons. The molecule has 7 heteroatoms. The number of carbonyl (C=O) groups is 1. The highest BCUT2D eigenvalue weighted by Crippen LogP contribution is 2.27. The van der Waals surface area contributed by atoms with Gasteiger partial charge < -0.3 is 9.47 Å². The fourth-order valence-corrected chi connectivity index (χ4v) is 4.12. The quantitative estimate of drug-likeness (QED) is 0.673. The highest BCUT2D eigenvalue weighted by atomic mass is 32.2. The molecule has 4 rings (SSSR count). The van der Waals surface area contributed by atoms with E-state index in [1.807, 2.05) is 23.1 Å².